The summed E-state index contributed by atoms with van der Waals surface area (Å²) in [6, 6.07) is 6.14. The Balaban J connectivity index is 2.40. The normalized spacial score (nSPS) is 19.8. The second kappa shape index (κ2) is 5.42. The van der Waals surface area contributed by atoms with Gasteiger partial charge in [-0.1, -0.05) is 12.1 Å². The highest BCUT2D eigenvalue weighted by Crippen LogP contribution is 2.34. The van der Waals surface area contributed by atoms with E-state index in [9.17, 15) is 14.9 Å². The number of nitrogens with zero attached hydrogens (tertiary/aromatic N) is 1. The molecular weight excluding hydrogens is 278 g/mol. The fraction of sp³-hybridized carbons (Fsp3) is 0.500. The number of benzene rings is 1. The lowest BCUT2D eigenvalue weighted by Gasteiger charge is -2.38. The number of methoxy groups -OCH3 is 1. The van der Waals surface area contributed by atoms with Gasteiger partial charge in [0.2, 0.25) is 0 Å². The fourth-order valence-corrected chi connectivity index (χ4v) is 2.10. The summed E-state index contributed by atoms with van der Waals surface area (Å²) in [5.74, 6) is -1.41. The van der Waals surface area contributed by atoms with Crippen molar-refractivity contribution in [3.8, 4) is 0 Å². The van der Waals surface area contributed by atoms with Gasteiger partial charge < -0.3 is 14.2 Å². The minimum atomic E-state index is -1.53. The van der Waals surface area contributed by atoms with Crippen LogP contribution in [0.3, 0.4) is 0 Å². The average molecular weight is 295 g/mol. The van der Waals surface area contributed by atoms with Gasteiger partial charge in [-0.25, -0.2) is 4.79 Å². The summed E-state index contributed by atoms with van der Waals surface area (Å²) in [6.07, 6.45) is 0. The maximum absolute atomic E-state index is 11.6. The zero-order valence-corrected chi connectivity index (χ0v) is 12.1. The van der Waals surface area contributed by atoms with E-state index in [4.69, 9.17) is 9.47 Å². The van der Waals surface area contributed by atoms with Gasteiger partial charge in [-0.2, -0.15) is 0 Å². The molecule has 0 amide bonds. The maximum Gasteiger partial charge on any atom is 0.337 e. The molecule has 0 aromatic heterocycles. The van der Waals surface area contributed by atoms with Crippen LogP contribution in [0.2, 0.25) is 0 Å². The van der Waals surface area contributed by atoms with Gasteiger partial charge in [0.25, 0.3) is 5.54 Å². The van der Waals surface area contributed by atoms with Crippen LogP contribution >= 0.6 is 0 Å². The van der Waals surface area contributed by atoms with Crippen LogP contribution in [-0.2, 0) is 19.7 Å². The molecule has 0 N–H and O–H groups in total. The Morgan fingerprint density at radius 2 is 1.95 bits per heavy atom. The summed E-state index contributed by atoms with van der Waals surface area (Å²) in [5, 5.41) is 11.6. The highest BCUT2D eigenvalue weighted by atomic mass is 16.7. The standard InChI is InChI=1S/C14H17NO6/c1-13(2)20-8-14(9-21-13,15(17)18)11-6-4-5-10(7-11)12(16)19-3/h4-7H,8-9H2,1-3H3. The Morgan fingerprint density at radius 3 is 2.48 bits per heavy atom. The van der Waals surface area contributed by atoms with E-state index < -0.39 is 22.2 Å². The highest BCUT2D eigenvalue weighted by molar-refractivity contribution is 5.89. The van der Waals surface area contributed by atoms with Crippen molar-refractivity contribution in [2.24, 2.45) is 0 Å². The first-order chi connectivity index (χ1) is 9.81. The quantitative estimate of drug-likeness (QED) is 0.479. The van der Waals surface area contributed by atoms with Crippen molar-refractivity contribution in [1.82, 2.24) is 0 Å². The number of nitro groups is 1. The molecule has 0 aliphatic carbocycles. The number of hydrogen-bond donors (Lipinski definition) is 0. The third-order valence-corrected chi connectivity index (χ3v) is 3.49. The lowest BCUT2D eigenvalue weighted by atomic mass is 9.90. The summed E-state index contributed by atoms with van der Waals surface area (Å²) < 4.78 is 15.5. The van der Waals surface area contributed by atoms with Crippen LogP contribution in [0.25, 0.3) is 0 Å². The predicted molar refractivity (Wildman–Crippen MR) is 72.4 cm³/mol. The maximum atomic E-state index is 11.6. The highest BCUT2D eigenvalue weighted by Gasteiger charge is 2.51. The molecule has 0 unspecified atom stereocenters. The molecule has 2 rings (SSSR count). The average Bonchev–Trinajstić information content (AvgIpc) is 2.46. The number of rotatable bonds is 3. The Labute approximate surface area is 122 Å². The molecule has 1 aliphatic rings. The molecule has 0 radical (unpaired) electrons. The number of hydrogen-bond acceptors (Lipinski definition) is 6. The molecule has 114 valence electrons. The summed E-state index contributed by atoms with van der Waals surface area (Å²) in [4.78, 5) is 22.7. The molecule has 7 nitrogen and oxygen atoms in total. The van der Waals surface area contributed by atoms with Gasteiger partial charge in [0.15, 0.2) is 5.79 Å². The third kappa shape index (κ3) is 2.88. The molecule has 0 atom stereocenters. The van der Waals surface area contributed by atoms with E-state index >= 15 is 0 Å². The summed E-state index contributed by atoms with van der Waals surface area (Å²) in [7, 11) is 1.26. The van der Waals surface area contributed by atoms with Gasteiger partial charge in [-0.05, 0) is 26.0 Å². The van der Waals surface area contributed by atoms with E-state index in [0.29, 0.717) is 5.56 Å². The molecule has 1 heterocycles. The largest absolute Gasteiger partial charge is 0.465 e. The number of ether oxygens (including phenoxy) is 3. The summed E-state index contributed by atoms with van der Waals surface area (Å²) >= 11 is 0. The molecule has 21 heavy (non-hydrogen) atoms. The Kier molecular flexibility index (Phi) is 3.97. The van der Waals surface area contributed by atoms with Gasteiger partial charge in [0.05, 0.1) is 12.7 Å². The first-order valence-corrected chi connectivity index (χ1v) is 6.42. The Bertz CT molecular complexity index is 558. The van der Waals surface area contributed by atoms with E-state index in [1.165, 1.54) is 19.2 Å². The van der Waals surface area contributed by atoms with Crippen molar-refractivity contribution in [2.45, 2.75) is 25.2 Å². The van der Waals surface area contributed by atoms with Crippen molar-refractivity contribution in [2.75, 3.05) is 20.3 Å². The predicted octanol–water partition coefficient (Wildman–Crippen LogP) is 1.73. The molecule has 0 bridgehead atoms. The third-order valence-electron chi connectivity index (χ3n) is 3.49. The molecule has 1 aliphatic heterocycles. The fourth-order valence-electron chi connectivity index (χ4n) is 2.10. The van der Waals surface area contributed by atoms with Crippen LogP contribution in [0.1, 0.15) is 29.8 Å². The lowest BCUT2D eigenvalue weighted by Crippen LogP contribution is -2.53. The minimum absolute atomic E-state index is 0.127. The molecule has 0 saturated carbocycles. The van der Waals surface area contributed by atoms with Crippen molar-refractivity contribution in [3.63, 3.8) is 0 Å². The van der Waals surface area contributed by atoms with E-state index in [-0.39, 0.29) is 18.8 Å². The van der Waals surface area contributed by atoms with Crippen LogP contribution in [0, 0.1) is 10.1 Å². The molecule has 7 heteroatoms. The first kappa shape index (κ1) is 15.4. The minimum Gasteiger partial charge on any atom is -0.465 e. The van der Waals surface area contributed by atoms with Gasteiger partial charge >= 0.3 is 5.97 Å². The summed E-state index contributed by atoms with van der Waals surface area (Å²) in [6.45, 7) is 3.14. The monoisotopic (exact) mass is 295 g/mol. The second-order valence-electron chi connectivity index (χ2n) is 5.34. The zero-order valence-electron chi connectivity index (χ0n) is 12.1. The molecule has 1 saturated heterocycles. The van der Waals surface area contributed by atoms with Crippen molar-refractivity contribution < 1.29 is 23.9 Å². The van der Waals surface area contributed by atoms with E-state index in [1.54, 1.807) is 26.0 Å². The van der Waals surface area contributed by atoms with E-state index in [1.807, 2.05) is 0 Å². The SMILES string of the molecule is COC(=O)c1cccc(C2([N+](=O)[O-])COC(C)(C)OC2)c1. The van der Waals surface area contributed by atoms with Crippen molar-refractivity contribution in [1.29, 1.82) is 0 Å². The van der Waals surface area contributed by atoms with Crippen LogP contribution in [0.4, 0.5) is 0 Å². The molecule has 1 fully saturated rings. The number of carbonyl (C=O) groups is 1. The van der Waals surface area contributed by atoms with Gasteiger partial charge in [0.1, 0.15) is 13.2 Å². The summed E-state index contributed by atoms with van der Waals surface area (Å²) in [5.41, 5.74) is -0.925. The van der Waals surface area contributed by atoms with E-state index in [0.717, 1.165) is 0 Å². The molecule has 0 spiro atoms. The van der Waals surface area contributed by atoms with Gasteiger partial charge in [-0.3, -0.25) is 10.1 Å². The van der Waals surface area contributed by atoms with Crippen LogP contribution in [0.15, 0.2) is 24.3 Å². The number of esters is 1. The smallest absolute Gasteiger partial charge is 0.337 e. The van der Waals surface area contributed by atoms with E-state index in [2.05, 4.69) is 4.74 Å². The molecule has 1 aromatic carbocycles. The first-order valence-electron chi connectivity index (χ1n) is 6.42. The second-order valence-corrected chi connectivity index (χ2v) is 5.34. The van der Waals surface area contributed by atoms with Gasteiger partial charge in [-0.15, -0.1) is 0 Å². The molecular formula is C14H17NO6. The van der Waals surface area contributed by atoms with Crippen LogP contribution in [0.5, 0.6) is 0 Å². The van der Waals surface area contributed by atoms with Crippen molar-refractivity contribution in [3.05, 3.63) is 45.5 Å². The lowest BCUT2D eigenvalue weighted by molar-refractivity contribution is -0.605. The Hall–Kier alpha value is -1.99. The van der Waals surface area contributed by atoms with Crippen LogP contribution < -0.4 is 0 Å². The zero-order chi connectivity index (χ0) is 15.7. The van der Waals surface area contributed by atoms with Crippen LogP contribution in [-0.4, -0.2) is 37.0 Å². The molecule has 1 aromatic rings. The Morgan fingerprint density at radius 1 is 1.33 bits per heavy atom. The van der Waals surface area contributed by atoms with Crippen molar-refractivity contribution >= 4 is 5.97 Å². The number of carbonyl (C=O) groups excluding carboxylic acids is 1. The topological polar surface area (TPSA) is 87.9 Å². The van der Waals surface area contributed by atoms with Gasteiger partial charge in [0, 0.05) is 10.5 Å².